The van der Waals surface area contributed by atoms with Crippen molar-refractivity contribution in [2.45, 2.75) is 19.9 Å². The molecule has 2 N–H and O–H groups in total. The molecule has 0 atom stereocenters. The van der Waals surface area contributed by atoms with E-state index in [4.69, 9.17) is 10.00 Å². The lowest BCUT2D eigenvalue weighted by molar-refractivity contribution is -0.142. The van der Waals surface area contributed by atoms with E-state index in [0.29, 0.717) is 34.8 Å². The number of H-pyrrole nitrogens is 1. The van der Waals surface area contributed by atoms with Crippen LogP contribution in [0.3, 0.4) is 0 Å². The number of hydrogen-bond acceptors (Lipinski definition) is 7. The van der Waals surface area contributed by atoms with E-state index in [1.165, 1.54) is 4.90 Å². The van der Waals surface area contributed by atoms with Crippen molar-refractivity contribution in [1.29, 1.82) is 5.26 Å². The van der Waals surface area contributed by atoms with Gasteiger partial charge in [-0.1, -0.05) is 6.07 Å². The Bertz CT molecular complexity index is 1360. The van der Waals surface area contributed by atoms with Gasteiger partial charge < -0.3 is 15.0 Å². The van der Waals surface area contributed by atoms with Crippen LogP contribution in [0.15, 0.2) is 66.9 Å². The molecule has 1 amide bonds. The average Bonchev–Trinajstić information content (AvgIpc) is 3.31. The van der Waals surface area contributed by atoms with Crippen molar-refractivity contribution in [3.05, 3.63) is 83.8 Å². The predicted molar refractivity (Wildman–Crippen MR) is 132 cm³/mol. The lowest BCUT2D eigenvalue weighted by Gasteiger charge is -2.21. The maximum atomic E-state index is 13.4. The van der Waals surface area contributed by atoms with Gasteiger partial charge in [-0.25, -0.2) is 9.97 Å². The number of ether oxygens (including phenoxy) is 1. The third kappa shape index (κ3) is 5.81. The molecular weight excluding hydrogens is 444 g/mol. The Labute approximate surface area is 202 Å². The molecule has 9 heteroatoms. The number of anilines is 2. The number of hydrogen-bond donors (Lipinski definition) is 2. The summed E-state index contributed by atoms with van der Waals surface area (Å²) in [4.78, 5) is 38.9. The number of carbonyl (C=O) groups excluding carboxylic acids is 2. The standard InChI is InChI=1S/C26H24N6O3/c1-2-35-25(33)12-14-32(24-5-3-4-13-28-24)26(34)19-8-11-21-22(15-19)31-23(30-21)17-29-20-9-6-18(16-27)7-10-20/h3-11,13,15,29H,2,12,14,17H2,1H3,(H,30,31). The third-order valence-electron chi connectivity index (χ3n) is 5.27. The average molecular weight is 469 g/mol. The molecule has 0 aliphatic heterocycles. The first kappa shape index (κ1) is 23.4. The number of esters is 1. The molecule has 4 rings (SSSR count). The summed E-state index contributed by atoms with van der Waals surface area (Å²) >= 11 is 0. The molecule has 9 nitrogen and oxygen atoms in total. The second-order valence-electron chi connectivity index (χ2n) is 7.66. The van der Waals surface area contributed by atoms with Crippen molar-refractivity contribution < 1.29 is 14.3 Å². The molecule has 35 heavy (non-hydrogen) atoms. The van der Waals surface area contributed by atoms with Crippen LogP contribution in [-0.4, -0.2) is 40.0 Å². The first-order valence-electron chi connectivity index (χ1n) is 11.2. The Morgan fingerprint density at radius 1 is 1.14 bits per heavy atom. The fraction of sp³-hybridized carbons (Fsp3) is 0.192. The van der Waals surface area contributed by atoms with Gasteiger partial charge in [-0.15, -0.1) is 0 Å². The van der Waals surface area contributed by atoms with E-state index in [1.807, 2.05) is 18.2 Å². The largest absolute Gasteiger partial charge is 0.466 e. The van der Waals surface area contributed by atoms with Gasteiger partial charge in [0, 0.05) is 24.0 Å². The first-order chi connectivity index (χ1) is 17.1. The Kier molecular flexibility index (Phi) is 7.33. The highest BCUT2D eigenvalue weighted by Gasteiger charge is 2.21. The minimum atomic E-state index is -0.372. The Hall–Kier alpha value is -4.71. The summed E-state index contributed by atoms with van der Waals surface area (Å²) in [5.74, 6) is 0.507. The molecule has 0 aliphatic rings. The summed E-state index contributed by atoms with van der Waals surface area (Å²) in [6.07, 6.45) is 1.66. The molecule has 2 aromatic heterocycles. The van der Waals surface area contributed by atoms with Crippen molar-refractivity contribution in [3.8, 4) is 6.07 Å². The van der Waals surface area contributed by atoms with Gasteiger partial charge in [0.15, 0.2) is 0 Å². The zero-order chi connectivity index (χ0) is 24.6. The minimum absolute atomic E-state index is 0.0615. The number of amides is 1. The van der Waals surface area contributed by atoms with Gasteiger partial charge in [0.25, 0.3) is 5.91 Å². The fourth-order valence-electron chi connectivity index (χ4n) is 3.55. The van der Waals surface area contributed by atoms with Crippen molar-refractivity contribution in [1.82, 2.24) is 15.0 Å². The summed E-state index contributed by atoms with van der Waals surface area (Å²) in [6, 6.07) is 19.8. The highest BCUT2D eigenvalue weighted by atomic mass is 16.5. The molecule has 0 saturated heterocycles. The highest BCUT2D eigenvalue weighted by molar-refractivity contribution is 6.07. The summed E-state index contributed by atoms with van der Waals surface area (Å²) in [6.45, 7) is 2.62. The van der Waals surface area contributed by atoms with E-state index < -0.39 is 0 Å². The number of aromatic amines is 1. The van der Waals surface area contributed by atoms with E-state index in [1.54, 1.807) is 55.6 Å². The normalized spacial score (nSPS) is 10.5. The van der Waals surface area contributed by atoms with E-state index >= 15 is 0 Å². The quantitative estimate of drug-likeness (QED) is 0.355. The van der Waals surface area contributed by atoms with E-state index in [0.717, 1.165) is 11.2 Å². The second-order valence-corrected chi connectivity index (χ2v) is 7.66. The van der Waals surface area contributed by atoms with Crippen LogP contribution in [0.4, 0.5) is 11.5 Å². The monoisotopic (exact) mass is 468 g/mol. The van der Waals surface area contributed by atoms with Gasteiger partial charge in [0.2, 0.25) is 0 Å². The molecule has 0 saturated carbocycles. The number of benzene rings is 2. The fourth-order valence-corrected chi connectivity index (χ4v) is 3.55. The predicted octanol–water partition coefficient (Wildman–Crippen LogP) is 4.04. The lowest BCUT2D eigenvalue weighted by Crippen LogP contribution is -2.34. The molecule has 0 radical (unpaired) electrons. The zero-order valence-corrected chi connectivity index (χ0v) is 19.2. The Morgan fingerprint density at radius 3 is 2.69 bits per heavy atom. The number of pyridine rings is 1. The molecule has 0 bridgehead atoms. The molecule has 2 heterocycles. The van der Waals surface area contributed by atoms with Gasteiger partial charge in [0.1, 0.15) is 11.6 Å². The van der Waals surface area contributed by atoms with Crippen LogP contribution in [0.2, 0.25) is 0 Å². The van der Waals surface area contributed by atoms with Gasteiger partial charge in [-0.05, 0) is 61.5 Å². The highest BCUT2D eigenvalue weighted by Crippen LogP contribution is 2.19. The third-order valence-corrected chi connectivity index (χ3v) is 5.27. The van der Waals surface area contributed by atoms with Crippen molar-refractivity contribution in [2.75, 3.05) is 23.4 Å². The zero-order valence-electron chi connectivity index (χ0n) is 19.2. The van der Waals surface area contributed by atoms with E-state index in [-0.39, 0.29) is 31.4 Å². The van der Waals surface area contributed by atoms with Crippen molar-refractivity contribution >= 4 is 34.4 Å². The number of rotatable bonds is 9. The number of imidazole rings is 1. The molecule has 0 unspecified atom stereocenters. The summed E-state index contributed by atoms with van der Waals surface area (Å²) in [5.41, 5.74) is 3.35. The lowest BCUT2D eigenvalue weighted by atomic mass is 10.1. The van der Waals surface area contributed by atoms with Crippen LogP contribution in [0.5, 0.6) is 0 Å². The van der Waals surface area contributed by atoms with Crippen LogP contribution in [-0.2, 0) is 16.1 Å². The first-order valence-corrected chi connectivity index (χ1v) is 11.2. The topological polar surface area (TPSA) is 124 Å². The number of nitriles is 1. The van der Waals surface area contributed by atoms with E-state index in [2.05, 4.69) is 26.3 Å². The summed E-state index contributed by atoms with van der Waals surface area (Å²) in [5, 5.41) is 12.2. The van der Waals surface area contributed by atoms with Crippen LogP contribution >= 0.6 is 0 Å². The number of aromatic nitrogens is 3. The van der Waals surface area contributed by atoms with Gasteiger partial charge >= 0.3 is 5.97 Å². The van der Waals surface area contributed by atoms with E-state index in [9.17, 15) is 9.59 Å². The summed E-state index contributed by atoms with van der Waals surface area (Å²) < 4.78 is 5.01. The van der Waals surface area contributed by atoms with Crippen molar-refractivity contribution in [2.24, 2.45) is 0 Å². The molecule has 2 aromatic carbocycles. The molecule has 0 aliphatic carbocycles. The molecular formula is C26H24N6O3. The number of nitrogens with zero attached hydrogens (tertiary/aromatic N) is 4. The molecule has 176 valence electrons. The summed E-state index contributed by atoms with van der Waals surface area (Å²) in [7, 11) is 0. The smallest absolute Gasteiger partial charge is 0.307 e. The maximum Gasteiger partial charge on any atom is 0.307 e. The SMILES string of the molecule is CCOC(=O)CCN(C(=O)c1ccc2[nH]c(CNc3ccc(C#N)cc3)nc2c1)c1ccccn1. The Balaban J connectivity index is 1.51. The van der Waals surface area contributed by atoms with Crippen LogP contribution in [0.25, 0.3) is 11.0 Å². The number of nitrogens with one attached hydrogen (secondary N) is 2. The van der Waals surface area contributed by atoms with Gasteiger partial charge in [-0.2, -0.15) is 5.26 Å². The van der Waals surface area contributed by atoms with Gasteiger partial charge in [-0.3, -0.25) is 14.5 Å². The van der Waals surface area contributed by atoms with Crippen LogP contribution in [0.1, 0.15) is 35.1 Å². The van der Waals surface area contributed by atoms with Crippen LogP contribution in [0, 0.1) is 11.3 Å². The molecule has 0 fully saturated rings. The minimum Gasteiger partial charge on any atom is -0.466 e. The number of fused-ring (bicyclic) bond motifs is 1. The second kappa shape index (κ2) is 10.9. The Morgan fingerprint density at radius 2 is 1.97 bits per heavy atom. The molecule has 0 spiro atoms. The van der Waals surface area contributed by atoms with Crippen LogP contribution < -0.4 is 10.2 Å². The van der Waals surface area contributed by atoms with Gasteiger partial charge in [0.05, 0.1) is 42.2 Å². The molecule has 4 aromatic rings. The maximum absolute atomic E-state index is 13.4. The number of carbonyl (C=O) groups is 2. The van der Waals surface area contributed by atoms with Crippen molar-refractivity contribution in [3.63, 3.8) is 0 Å².